The van der Waals surface area contributed by atoms with Crippen LogP contribution in [0.15, 0.2) is 12.1 Å². The molecule has 1 saturated heterocycles. The zero-order chi connectivity index (χ0) is 15.6. The maximum Gasteiger partial charge on any atom is 0.174 e. The van der Waals surface area contributed by atoms with Gasteiger partial charge in [0.2, 0.25) is 0 Å². The van der Waals surface area contributed by atoms with Crippen LogP contribution in [0, 0.1) is 12.8 Å². The van der Waals surface area contributed by atoms with Crippen molar-refractivity contribution < 1.29 is 14.6 Å². The summed E-state index contributed by atoms with van der Waals surface area (Å²) in [5.41, 5.74) is 1.97. The minimum atomic E-state index is -0.413. The Kier molecular flexibility index (Phi) is 2.86. The Morgan fingerprint density at radius 1 is 1.41 bits per heavy atom. The fourth-order valence-electron chi connectivity index (χ4n) is 5.13. The van der Waals surface area contributed by atoms with E-state index in [1.807, 2.05) is 6.07 Å². The van der Waals surface area contributed by atoms with Crippen LogP contribution in [0.25, 0.3) is 0 Å². The van der Waals surface area contributed by atoms with E-state index < -0.39 is 6.10 Å². The van der Waals surface area contributed by atoms with Crippen LogP contribution in [0.3, 0.4) is 0 Å². The van der Waals surface area contributed by atoms with Gasteiger partial charge in [-0.2, -0.15) is 0 Å². The molecule has 1 aromatic rings. The standard InChI is InChI=1S/C18H23NO3/c1-10-4-6-13(20)16-15(10)18-8-9-19(3)11(2)12(18)5-7-14(21)17(18)22-16/h4,6,11-12,17,20H,5,7-9H2,1-3H3/t11?,12-,17-,18-/m0/s1. The van der Waals surface area contributed by atoms with Crippen LogP contribution in [0.1, 0.15) is 37.3 Å². The first-order chi connectivity index (χ1) is 10.5. The van der Waals surface area contributed by atoms with Crippen LogP contribution in [-0.4, -0.2) is 41.5 Å². The number of aryl methyl sites for hydroxylation is 1. The molecule has 1 spiro atoms. The largest absolute Gasteiger partial charge is 0.504 e. The monoisotopic (exact) mass is 301 g/mol. The predicted octanol–water partition coefficient (Wildman–Crippen LogP) is 2.40. The maximum absolute atomic E-state index is 12.6. The highest BCUT2D eigenvalue weighted by Gasteiger charge is 2.62. The van der Waals surface area contributed by atoms with Crippen LogP contribution in [0.2, 0.25) is 0 Å². The zero-order valence-electron chi connectivity index (χ0n) is 13.4. The lowest BCUT2D eigenvalue weighted by molar-refractivity contribution is -0.137. The van der Waals surface area contributed by atoms with Crippen molar-refractivity contribution in [3.63, 3.8) is 0 Å². The third kappa shape index (κ3) is 1.54. The van der Waals surface area contributed by atoms with E-state index in [2.05, 4.69) is 25.8 Å². The number of ether oxygens (including phenoxy) is 1. The van der Waals surface area contributed by atoms with Crippen molar-refractivity contribution in [2.75, 3.05) is 13.6 Å². The summed E-state index contributed by atoms with van der Waals surface area (Å²) >= 11 is 0. The number of likely N-dealkylation sites (tertiary alicyclic amines) is 1. The minimum Gasteiger partial charge on any atom is -0.504 e. The van der Waals surface area contributed by atoms with Crippen molar-refractivity contribution in [1.82, 2.24) is 4.90 Å². The summed E-state index contributed by atoms with van der Waals surface area (Å²) < 4.78 is 6.06. The Balaban J connectivity index is 1.96. The van der Waals surface area contributed by atoms with Gasteiger partial charge in [-0.1, -0.05) is 6.07 Å². The molecule has 22 heavy (non-hydrogen) atoms. The molecule has 4 atom stereocenters. The number of phenols is 1. The molecule has 2 heterocycles. The van der Waals surface area contributed by atoms with Gasteiger partial charge in [-0.3, -0.25) is 4.79 Å². The van der Waals surface area contributed by atoms with Crippen molar-refractivity contribution in [2.24, 2.45) is 5.92 Å². The van der Waals surface area contributed by atoms with Gasteiger partial charge in [0.1, 0.15) is 0 Å². The Morgan fingerprint density at radius 2 is 2.18 bits per heavy atom. The summed E-state index contributed by atoms with van der Waals surface area (Å²) in [5, 5.41) is 10.2. The molecule has 1 unspecified atom stereocenters. The maximum atomic E-state index is 12.6. The minimum absolute atomic E-state index is 0.169. The van der Waals surface area contributed by atoms with E-state index in [1.54, 1.807) is 6.07 Å². The highest BCUT2D eigenvalue weighted by Crippen LogP contribution is 2.59. The second-order valence-electron chi connectivity index (χ2n) is 7.23. The van der Waals surface area contributed by atoms with Crippen LogP contribution in [0.4, 0.5) is 0 Å². The van der Waals surface area contributed by atoms with E-state index in [-0.39, 0.29) is 16.9 Å². The average Bonchev–Trinajstić information content (AvgIpc) is 2.85. The van der Waals surface area contributed by atoms with Gasteiger partial charge in [-0.05, 0) is 57.8 Å². The van der Waals surface area contributed by atoms with Crippen molar-refractivity contribution in [2.45, 2.75) is 50.7 Å². The molecule has 4 rings (SSSR count). The molecule has 2 aliphatic heterocycles. The quantitative estimate of drug-likeness (QED) is 0.799. The molecule has 2 fully saturated rings. The number of piperidine rings is 1. The molecule has 1 N–H and O–H groups in total. The number of fused-ring (bicyclic) bond motifs is 1. The first kappa shape index (κ1) is 14.1. The first-order valence-corrected chi connectivity index (χ1v) is 8.19. The number of hydrogen-bond donors (Lipinski definition) is 1. The van der Waals surface area contributed by atoms with E-state index >= 15 is 0 Å². The number of nitrogens with zero attached hydrogens (tertiary/aromatic N) is 1. The summed E-state index contributed by atoms with van der Waals surface area (Å²) in [7, 11) is 2.16. The van der Waals surface area contributed by atoms with Gasteiger partial charge in [-0.25, -0.2) is 0 Å². The molecular weight excluding hydrogens is 278 g/mol. The number of carbonyl (C=O) groups is 1. The van der Waals surface area contributed by atoms with Gasteiger partial charge in [0.15, 0.2) is 23.4 Å². The number of ketones is 1. The normalized spacial score (nSPS) is 37.2. The summed E-state index contributed by atoms with van der Waals surface area (Å²) in [6.07, 6.45) is 2.01. The number of phenolic OH excluding ortho intramolecular Hbond substituents is 1. The summed E-state index contributed by atoms with van der Waals surface area (Å²) in [6.45, 7) is 5.28. The van der Waals surface area contributed by atoms with E-state index in [1.165, 1.54) is 0 Å². The average molecular weight is 301 g/mol. The van der Waals surface area contributed by atoms with Gasteiger partial charge in [0.25, 0.3) is 0 Å². The number of benzene rings is 1. The fraction of sp³-hybridized carbons (Fsp3) is 0.611. The lowest BCUT2D eigenvalue weighted by Gasteiger charge is -2.53. The second-order valence-corrected chi connectivity index (χ2v) is 7.23. The van der Waals surface area contributed by atoms with Gasteiger partial charge in [-0.15, -0.1) is 0 Å². The molecule has 0 radical (unpaired) electrons. The van der Waals surface area contributed by atoms with Crippen molar-refractivity contribution >= 4 is 5.78 Å². The third-order valence-corrected chi connectivity index (χ3v) is 6.33. The van der Waals surface area contributed by atoms with Crippen LogP contribution in [-0.2, 0) is 10.2 Å². The van der Waals surface area contributed by atoms with Crippen molar-refractivity contribution in [3.8, 4) is 11.5 Å². The smallest absolute Gasteiger partial charge is 0.174 e. The van der Waals surface area contributed by atoms with E-state index in [0.29, 0.717) is 24.1 Å². The van der Waals surface area contributed by atoms with E-state index in [0.717, 1.165) is 30.5 Å². The Bertz CT molecular complexity index is 656. The Labute approximate surface area is 131 Å². The molecule has 1 aliphatic carbocycles. The second kappa shape index (κ2) is 4.48. The number of Topliss-reactive ketones (excluding diaryl/α,β-unsaturated/α-hetero) is 1. The fourth-order valence-corrected chi connectivity index (χ4v) is 5.13. The van der Waals surface area contributed by atoms with Gasteiger partial charge in [0, 0.05) is 23.4 Å². The van der Waals surface area contributed by atoms with Crippen molar-refractivity contribution in [3.05, 3.63) is 23.3 Å². The SMILES string of the molecule is Cc1ccc(O)c2c1[C@]13CCN(C)C(C)[C@@H]1CCC(=O)[C@@H]3O2. The molecule has 1 saturated carbocycles. The van der Waals surface area contributed by atoms with Crippen LogP contribution >= 0.6 is 0 Å². The lowest BCUT2D eigenvalue weighted by Crippen LogP contribution is -2.62. The molecule has 0 aromatic heterocycles. The van der Waals surface area contributed by atoms with Crippen molar-refractivity contribution in [1.29, 1.82) is 0 Å². The Hall–Kier alpha value is -1.55. The Morgan fingerprint density at radius 3 is 2.95 bits per heavy atom. The molecule has 1 aromatic carbocycles. The third-order valence-electron chi connectivity index (χ3n) is 6.33. The molecule has 4 heteroatoms. The summed E-state index contributed by atoms with van der Waals surface area (Å²) in [6, 6.07) is 4.05. The highest BCUT2D eigenvalue weighted by atomic mass is 16.5. The van der Waals surface area contributed by atoms with Gasteiger partial charge in [0.05, 0.1) is 0 Å². The molecule has 118 valence electrons. The van der Waals surface area contributed by atoms with Crippen LogP contribution in [0.5, 0.6) is 11.5 Å². The summed E-state index contributed by atoms with van der Waals surface area (Å²) in [4.78, 5) is 15.0. The predicted molar refractivity (Wildman–Crippen MR) is 83.4 cm³/mol. The van der Waals surface area contributed by atoms with Crippen LogP contribution < -0.4 is 4.74 Å². The molecule has 0 amide bonds. The first-order valence-electron chi connectivity index (χ1n) is 8.19. The summed E-state index contributed by atoms with van der Waals surface area (Å²) in [5.74, 6) is 1.32. The molecule has 3 aliphatic rings. The molecular formula is C18H23NO3. The van der Waals surface area contributed by atoms with Gasteiger partial charge >= 0.3 is 0 Å². The number of aromatic hydroxyl groups is 1. The van der Waals surface area contributed by atoms with E-state index in [9.17, 15) is 9.90 Å². The molecule has 0 bridgehead atoms. The number of rotatable bonds is 0. The van der Waals surface area contributed by atoms with Gasteiger partial charge < -0.3 is 14.7 Å². The topological polar surface area (TPSA) is 49.8 Å². The molecule has 4 nitrogen and oxygen atoms in total. The number of carbonyl (C=O) groups excluding carboxylic acids is 1. The lowest BCUT2D eigenvalue weighted by atomic mass is 9.55. The van der Waals surface area contributed by atoms with E-state index in [4.69, 9.17) is 4.74 Å². The number of hydrogen-bond acceptors (Lipinski definition) is 4. The zero-order valence-corrected chi connectivity index (χ0v) is 13.4. The highest BCUT2D eigenvalue weighted by molar-refractivity contribution is 5.88.